The molecule has 1 saturated heterocycles. The minimum absolute atomic E-state index is 0.127. The number of amides is 1. The number of nitrogens with zero attached hydrogens (tertiary/aromatic N) is 5. The summed E-state index contributed by atoms with van der Waals surface area (Å²) in [6, 6.07) is 5.93. The van der Waals surface area contributed by atoms with Gasteiger partial charge >= 0.3 is 0 Å². The Morgan fingerprint density at radius 2 is 2.15 bits per heavy atom. The zero-order chi connectivity index (χ0) is 18.5. The number of carbonyl (C=O) groups is 1. The number of pyridine rings is 1. The summed E-state index contributed by atoms with van der Waals surface area (Å²) in [6.45, 7) is 5.53. The van der Waals surface area contributed by atoms with E-state index in [0.29, 0.717) is 21.7 Å². The van der Waals surface area contributed by atoms with E-state index in [4.69, 9.17) is 10.00 Å². The number of hydrogen-bond donors (Lipinski definition) is 1. The molecule has 1 fully saturated rings. The zero-order valence-corrected chi connectivity index (χ0v) is 15.5. The Labute approximate surface area is 156 Å². The molecule has 1 amide bonds. The number of thiazole rings is 1. The lowest BCUT2D eigenvalue weighted by molar-refractivity contribution is -0.130. The Bertz CT molecular complexity index is 823. The molecule has 8 nitrogen and oxygen atoms in total. The van der Waals surface area contributed by atoms with Crippen LogP contribution in [0.5, 0.6) is 5.88 Å². The van der Waals surface area contributed by atoms with E-state index in [1.165, 1.54) is 17.5 Å². The molecule has 0 aromatic carbocycles. The number of aromatic nitrogens is 2. The van der Waals surface area contributed by atoms with Gasteiger partial charge < -0.3 is 15.0 Å². The molecule has 2 aromatic heterocycles. The van der Waals surface area contributed by atoms with Gasteiger partial charge in [0.25, 0.3) is 0 Å². The summed E-state index contributed by atoms with van der Waals surface area (Å²) in [5, 5.41) is 12.6. The Hall–Kier alpha value is -2.70. The van der Waals surface area contributed by atoms with Crippen LogP contribution in [0.3, 0.4) is 0 Å². The van der Waals surface area contributed by atoms with Crippen LogP contribution in [0.25, 0.3) is 0 Å². The van der Waals surface area contributed by atoms with Crippen molar-refractivity contribution < 1.29 is 9.53 Å². The number of ether oxygens (including phenoxy) is 1. The molecule has 0 unspecified atom stereocenters. The summed E-state index contributed by atoms with van der Waals surface area (Å²) < 4.78 is 5.31. The maximum absolute atomic E-state index is 11.4. The first-order chi connectivity index (χ1) is 12.6. The summed E-state index contributed by atoms with van der Waals surface area (Å²) in [5.41, 5.74) is 1.06. The number of anilines is 2. The van der Waals surface area contributed by atoms with Gasteiger partial charge in [0.15, 0.2) is 5.13 Å². The van der Waals surface area contributed by atoms with Crippen molar-refractivity contribution in [3.63, 3.8) is 0 Å². The topological polar surface area (TPSA) is 94.4 Å². The third-order valence-electron chi connectivity index (χ3n) is 4.15. The molecule has 26 heavy (non-hydrogen) atoms. The molecule has 1 aliphatic heterocycles. The quantitative estimate of drug-likeness (QED) is 0.855. The molecule has 0 aliphatic carbocycles. The highest BCUT2D eigenvalue weighted by molar-refractivity contribution is 7.16. The van der Waals surface area contributed by atoms with E-state index in [-0.39, 0.29) is 5.91 Å². The monoisotopic (exact) mass is 372 g/mol. The van der Waals surface area contributed by atoms with Crippen LogP contribution < -0.4 is 10.1 Å². The van der Waals surface area contributed by atoms with Gasteiger partial charge in [0.1, 0.15) is 16.8 Å². The van der Waals surface area contributed by atoms with E-state index in [9.17, 15) is 4.79 Å². The second-order valence-corrected chi connectivity index (χ2v) is 6.98. The smallest absolute Gasteiger partial charge is 0.219 e. The van der Waals surface area contributed by atoms with Crippen LogP contribution in [0.15, 0.2) is 18.3 Å². The maximum atomic E-state index is 11.4. The van der Waals surface area contributed by atoms with Gasteiger partial charge in [-0.2, -0.15) is 10.2 Å². The lowest BCUT2D eigenvalue weighted by Gasteiger charge is -2.34. The molecule has 0 radical (unpaired) electrons. The largest absolute Gasteiger partial charge is 0.481 e. The molecule has 1 aliphatic rings. The highest BCUT2D eigenvalue weighted by Gasteiger charge is 2.19. The van der Waals surface area contributed by atoms with Crippen molar-refractivity contribution in [3.05, 3.63) is 28.8 Å². The van der Waals surface area contributed by atoms with E-state index >= 15 is 0 Å². The first-order valence-corrected chi connectivity index (χ1v) is 9.05. The third kappa shape index (κ3) is 4.47. The van der Waals surface area contributed by atoms with Crippen LogP contribution in [0.2, 0.25) is 0 Å². The number of hydrogen-bond acceptors (Lipinski definition) is 8. The summed E-state index contributed by atoms with van der Waals surface area (Å²) in [5.74, 6) is 1.27. The van der Waals surface area contributed by atoms with E-state index in [1.807, 2.05) is 17.0 Å². The summed E-state index contributed by atoms with van der Waals surface area (Å²) >= 11 is 1.27. The Morgan fingerprint density at radius 3 is 2.77 bits per heavy atom. The minimum Gasteiger partial charge on any atom is -0.481 e. The molecule has 3 heterocycles. The molecule has 136 valence electrons. The van der Waals surface area contributed by atoms with Gasteiger partial charge in [-0.05, 0) is 11.6 Å². The van der Waals surface area contributed by atoms with E-state index in [0.717, 1.165) is 38.3 Å². The van der Waals surface area contributed by atoms with Crippen LogP contribution in [-0.4, -0.2) is 59.0 Å². The van der Waals surface area contributed by atoms with E-state index < -0.39 is 0 Å². The fourth-order valence-corrected chi connectivity index (χ4v) is 3.41. The molecular weight excluding hydrogens is 352 g/mol. The molecule has 0 saturated carbocycles. The summed E-state index contributed by atoms with van der Waals surface area (Å²) in [6.07, 6.45) is 1.53. The third-order valence-corrected chi connectivity index (χ3v) is 4.96. The second-order valence-electron chi connectivity index (χ2n) is 5.95. The molecule has 1 N–H and O–H groups in total. The fourth-order valence-electron chi connectivity index (χ4n) is 2.79. The predicted octanol–water partition coefficient (Wildman–Crippen LogP) is 1.83. The van der Waals surface area contributed by atoms with Gasteiger partial charge in [0, 0.05) is 45.7 Å². The van der Waals surface area contributed by atoms with Crippen LogP contribution in [-0.2, 0) is 11.3 Å². The van der Waals surface area contributed by atoms with Gasteiger partial charge in [-0.15, -0.1) is 0 Å². The van der Waals surface area contributed by atoms with Gasteiger partial charge in [-0.1, -0.05) is 11.3 Å². The number of methoxy groups -OCH3 is 1. The number of carbonyl (C=O) groups excluding carboxylic acids is 1. The minimum atomic E-state index is 0.127. The fraction of sp³-hybridized carbons (Fsp3) is 0.412. The SMILES string of the molecule is COc1cc(CN2CCN(C(C)=O)CC2)cc(Nc2ncc(C#N)s2)n1. The van der Waals surface area contributed by atoms with E-state index in [2.05, 4.69) is 26.3 Å². The van der Waals surface area contributed by atoms with Crippen molar-refractivity contribution in [3.8, 4) is 11.9 Å². The van der Waals surface area contributed by atoms with E-state index in [1.54, 1.807) is 14.0 Å². The van der Waals surface area contributed by atoms with Crippen LogP contribution in [0, 0.1) is 11.3 Å². The number of rotatable bonds is 5. The first-order valence-electron chi connectivity index (χ1n) is 8.23. The Morgan fingerprint density at radius 1 is 1.38 bits per heavy atom. The van der Waals surface area contributed by atoms with Crippen molar-refractivity contribution in [1.29, 1.82) is 5.26 Å². The first kappa shape index (κ1) is 18.1. The van der Waals surface area contributed by atoms with Crippen molar-refractivity contribution in [2.24, 2.45) is 0 Å². The zero-order valence-electron chi connectivity index (χ0n) is 14.7. The molecule has 0 spiro atoms. The predicted molar refractivity (Wildman–Crippen MR) is 98.4 cm³/mol. The van der Waals surface area contributed by atoms with Crippen molar-refractivity contribution in [2.75, 3.05) is 38.6 Å². The Balaban J connectivity index is 1.69. The second kappa shape index (κ2) is 8.12. The summed E-state index contributed by atoms with van der Waals surface area (Å²) in [7, 11) is 1.58. The van der Waals surface area contributed by atoms with Crippen molar-refractivity contribution in [1.82, 2.24) is 19.8 Å². The average Bonchev–Trinajstić information content (AvgIpc) is 3.09. The molecule has 0 bridgehead atoms. The van der Waals surface area contributed by atoms with Gasteiger partial charge in [0.05, 0.1) is 13.3 Å². The molecular formula is C17H20N6O2S. The van der Waals surface area contributed by atoms with Crippen LogP contribution in [0.1, 0.15) is 17.4 Å². The van der Waals surface area contributed by atoms with Crippen LogP contribution >= 0.6 is 11.3 Å². The highest BCUT2D eigenvalue weighted by atomic mass is 32.1. The normalized spacial score (nSPS) is 14.7. The molecule has 9 heteroatoms. The van der Waals surface area contributed by atoms with Gasteiger partial charge in [0.2, 0.25) is 11.8 Å². The van der Waals surface area contributed by atoms with Crippen molar-refractivity contribution >= 4 is 28.2 Å². The summed E-state index contributed by atoms with van der Waals surface area (Å²) in [4.78, 5) is 24.7. The van der Waals surface area contributed by atoms with Gasteiger partial charge in [-0.3, -0.25) is 9.69 Å². The van der Waals surface area contributed by atoms with Crippen molar-refractivity contribution in [2.45, 2.75) is 13.5 Å². The van der Waals surface area contributed by atoms with Crippen LogP contribution in [0.4, 0.5) is 10.9 Å². The number of nitriles is 1. The molecule has 0 atom stereocenters. The lowest BCUT2D eigenvalue weighted by Crippen LogP contribution is -2.47. The maximum Gasteiger partial charge on any atom is 0.219 e. The number of nitrogens with one attached hydrogen (secondary N) is 1. The highest BCUT2D eigenvalue weighted by Crippen LogP contribution is 2.24. The molecule has 3 rings (SSSR count). The standard InChI is InChI=1S/C17H20N6O2S/c1-12(24)23-5-3-22(4-6-23)11-13-7-15(20-16(8-13)25-2)21-17-19-10-14(9-18)26-17/h7-8,10H,3-6,11H2,1-2H3,(H,19,20,21). The molecule has 2 aromatic rings. The lowest BCUT2D eigenvalue weighted by atomic mass is 10.2. The Kier molecular flexibility index (Phi) is 5.65. The average molecular weight is 372 g/mol. The van der Waals surface area contributed by atoms with Gasteiger partial charge in [-0.25, -0.2) is 4.98 Å². The number of piperazine rings is 1.